The van der Waals surface area contributed by atoms with Gasteiger partial charge in [0, 0.05) is 0 Å². The number of hydrogen-bond acceptors (Lipinski definition) is 4. The summed E-state index contributed by atoms with van der Waals surface area (Å²) < 4.78 is 10.6. The minimum Gasteiger partial charge on any atom is -0.462 e. The highest BCUT2D eigenvalue weighted by Crippen LogP contribution is 2.14. The Kier molecular flexibility index (Phi) is 7.64. The van der Waals surface area contributed by atoms with Gasteiger partial charge in [-0.3, -0.25) is 0 Å². The van der Waals surface area contributed by atoms with Crippen LogP contribution in [0.1, 0.15) is 67.7 Å². The second kappa shape index (κ2) is 9.23. The predicted octanol–water partition coefficient (Wildman–Crippen LogP) is 4.23. The molecule has 0 N–H and O–H groups in total. The van der Waals surface area contributed by atoms with Gasteiger partial charge in [-0.25, -0.2) is 9.59 Å². The average molecular weight is 306 g/mol. The Hall–Kier alpha value is -1.84. The molecule has 122 valence electrons. The number of esters is 2. The molecule has 0 saturated heterocycles. The van der Waals surface area contributed by atoms with Crippen molar-refractivity contribution in [2.24, 2.45) is 5.92 Å². The molecule has 0 radical (unpaired) electrons. The Bertz CT molecular complexity index is 494. The third kappa shape index (κ3) is 5.88. The van der Waals surface area contributed by atoms with E-state index in [1.807, 2.05) is 13.8 Å². The number of ether oxygens (including phenoxy) is 2. The van der Waals surface area contributed by atoms with Gasteiger partial charge in [-0.1, -0.05) is 39.3 Å². The fraction of sp³-hybridized carbons (Fsp3) is 0.556. The van der Waals surface area contributed by atoms with Gasteiger partial charge in [0.25, 0.3) is 0 Å². The van der Waals surface area contributed by atoms with Crippen LogP contribution in [0.2, 0.25) is 0 Å². The molecule has 0 bridgehead atoms. The lowest BCUT2D eigenvalue weighted by atomic mass is 10.1. The Labute approximate surface area is 132 Å². The summed E-state index contributed by atoms with van der Waals surface area (Å²) in [5, 5.41) is 0. The lowest BCUT2D eigenvalue weighted by molar-refractivity contribution is 0.0310. The van der Waals surface area contributed by atoms with E-state index in [2.05, 4.69) is 13.8 Å². The minimum atomic E-state index is -0.476. The van der Waals surface area contributed by atoms with E-state index in [4.69, 9.17) is 9.47 Å². The molecule has 1 rings (SSSR count). The molecule has 0 amide bonds. The molecule has 1 atom stereocenters. The number of hydrogen-bond donors (Lipinski definition) is 0. The largest absolute Gasteiger partial charge is 0.462 e. The third-order valence-corrected chi connectivity index (χ3v) is 3.30. The zero-order valence-corrected chi connectivity index (χ0v) is 13.9. The smallest absolute Gasteiger partial charge is 0.339 e. The van der Waals surface area contributed by atoms with Gasteiger partial charge in [-0.05, 0) is 37.8 Å². The van der Waals surface area contributed by atoms with Crippen LogP contribution in [0.15, 0.2) is 24.3 Å². The van der Waals surface area contributed by atoms with Crippen molar-refractivity contribution in [3.63, 3.8) is 0 Å². The van der Waals surface area contributed by atoms with E-state index < -0.39 is 11.9 Å². The van der Waals surface area contributed by atoms with E-state index >= 15 is 0 Å². The fourth-order valence-electron chi connectivity index (χ4n) is 2.02. The van der Waals surface area contributed by atoms with Crippen LogP contribution in [-0.2, 0) is 9.47 Å². The molecule has 4 nitrogen and oxygen atoms in total. The zero-order chi connectivity index (χ0) is 16.5. The second-order valence-corrected chi connectivity index (χ2v) is 5.87. The first-order valence-electron chi connectivity index (χ1n) is 7.92. The first kappa shape index (κ1) is 18.2. The topological polar surface area (TPSA) is 52.6 Å². The number of carbonyl (C=O) groups is 2. The summed E-state index contributed by atoms with van der Waals surface area (Å²) in [6.45, 7) is 8.37. The monoisotopic (exact) mass is 306 g/mol. The van der Waals surface area contributed by atoms with Crippen molar-refractivity contribution in [1.82, 2.24) is 0 Å². The highest BCUT2D eigenvalue weighted by atomic mass is 16.5. The van der Waals surface area contributed by atoms with E-state index in [-0.39, 0.29) is 17.2 Å². The first-order chi connectivity index (χ1) is 10.5. The van der Waals surface area contributed by atoms with Crippen LogP contribution in [0.25, 0.3) is 0 Å². The van der Waals surface area contributed by atoms with Gasteiger partial charge in [0.15, 0.2) is 0 Å². The van der Waals surface area contributed by atoms with Crippen molar-refractivity contribution in [1.29, 1.82) is 0 Å². The molecule has 0 heterocycles. The minimum absolute atomic E-state index is 0.164. The molecule has 0 spiro atoms. The van der Waals surface area contributed by atoms with E-state index in [1.165, 1.54) is 0 Å². The van der Waals surface area contributed by atoms with Gasteiger partial charge >= 0.3 is 11.9 Å². The molecule has 0 aromatic heterocycles. The van der Waals surface area contributed by atoms with Crippen LogP contribution in [0, 0.1) is 5.92 Å². The average Bonchev–Trinajstić information content (AvgIpc) is 2.46. The van der Waals surface area contributed by atoms with Crippen LogP contribution in [-0.4, -0.2) is 24.6 Å². The Morgan fingerprint density at radius 1 is 1.00 bits per heavy atom. The molecule has 0 aliphatic heterocycles. The summed E-state index contributed by atoms with van der Waals surface area (Å²) in [5.74, 6) is -0.489. The molecule has 4 heteroatoms. The van der Waals surface area contributed by atoms with Crippen molar-refractivity contribution in [3.8, 4) is 0 Å². The van der Waals surface area contributed by atoms with Gasteiger partial charge in [0.2, 0.25) is 0 Å². The second-order valence-electron chi connectivity index (χ2n) is 5.87. The first-order valence-corrected chi connectivity index (χ1v) is 7.92. The van der Waals surface area contributed by atoms with Crippen molar-refractivity contribution in [3.05, 3.63) is 35.4 Å². The van der Waals surface area contributed by atoms with Crippen molar-refractivity contribution >= 4 is 11.9 Å². The van der Waals surface area contributed by atoms with E-state index in [9.17, 15) is 9.59 Å². The maximum atomic E-state index is 12.2. The molecule has 0 aliphatic carbocycles. The van der Waals surface area contributed by atoms with Crippen molar-refractivity contribution in [2.75, 3.05) is 6.61 Å². The molecule has 0 aliphatic rings. The summed E-state index contributed by atoms with van der Waals surface area (Å²) in [4.78, 5) is 24.3. The normalized spacial score (nSPS) is 12.0. The van der Waals surface area contributed by atoms with E-state index in [0.717, 1.165) is 19.3 Å². The molecule has 1 unspecified atom stereocenters. The Morgan fingerprint density at radius 3 is 2.14 bits per heavy atom. The fourth-order valence-corrected chi connectivity index (χ4v) is 2.02. The van der Waals surface area contributed by atoms with Gasteiger partial charge in [-0.15, -0.1) is 0 Å². The molecule has 0 fully saturated rings. The maximum absolute atomic E-state index is 12.2. The van der Waals surface area contributed by atoms with Crippen LogP contribution in [0.5, 0.6) is 0 Å². The summed E-state index contributed by atoms with van der Waals surface area (Å²) in [5.41, 5.74) is 0.528. The van der Waals surface area contributed by atoms with Crippen LogP contribution in [0.3, 0.4) is 0 Å². The van der Waals surface area contributed by atoms with Crippen LogP contribution < -0.4 is 0 Å². The highest BCUT2D eigenvalue weighted by Gasteiger charge is 2.20. The number of benzene rings is 1. The van der Waals surface area contributed by atoms with Gasteiger partial charge < -0.3 is 9.47 Å². The van der Waals surface area contributed by atoms with Crippen LogP contribution in [0.4, 0.5) is 0 Å². The molecule has 1 aromatic carbocycles. The van der Waals surface area contributed by atoms with Crippen molar-refractivity contribution in [2.45, 2.75) is 53.1 Å². The number of carbonyl (C=O) groups excluding carboxylic acids is 2. The molecule has 22 heavy (non-hydrogen) atoms. The quantitative estimate of drug-likeness (QED) is 0.674. The molecular formula is C18H26O4. The summed E-state index contributed by atoms with van der Waals surface area (Å²) in [7, 11) is 0. The van der Waals surface area contributed by atoms with Gasteiger partial charge in [-0.2, -0.15) is 0 Å². The predicted molar refractivity (Wildman–Crippen MR) is 86.0 cm³/mol. The lowest BCUT2D eigenvalue weighted by Crippen LogP contribution is -2.18. The maximum Gasteiger partial charge on any atom is 0.339 e. The SMILES string of the molecule is CCCC(C)OC(=O)c1ccccc1C(=O)OCCC(C)C. The summed E-state index contributed by atoms with van der Waals surface area (Å²) in [6, 6.07) is 6.62. The Morgan fingerprint density at radius 2 is 1.59 bits per heavy atom. The zero-order valence-electron chi connectivity index (χ0n) is 13.9. The summed E-state index contributed by atoms with van der Waals surface area (Å²) in [6.07, 6.45) is 2.37. The van der Waals surface area contributed by atoms with Gasteiger partial charge in [0.1, 0.15) is 0 Å². The number of rotatable bonds is 8. The molecule has 1 aromatic rings. The standard InChI is InChI=1S/C18H26O4/c1-5-8-14(4)22-18(20)16-10-7-6-9-15(16)17(19)21-12-11-13(2)3/h6-7,9-10,13-14H,5,8,11-12H2,1-4H3. The summed E-state index contributed by atoms with van der Waals surface area (Å²) >= 11 is 0. The van der Waals surface area contributed by atoms with E-state index in [0.29, 0.717) is 12.5 Å². The van der Waals surface area contributed by atoms with E-state index in [1.54, 1.807) is 24.3 Å². The Balaban J connectivity index is 2.76. The molecule has 0 saturated carbocycles. The highest BCUT2D eigenvalue weighted by molar-refractivity contribution is 6.03. The van der Waals surface area contributed by atoms with Crippen LogP contribution >= 0.6 is 0 Å². The van der Waals surface area contributed by atoms with Gasteiger partial charge in [0.05, 0.1) is 23.8 Å². The third-order valence-electron chi connectivity index (χ3n) is 3.30. The molecular weight excluding hydrogens is 280 g/mol. The van der Waals surface area contributed by atoms with Crippen molar-refractivity contribution < 1.29 is 19.1 Å². The lowest BCUT2D eigenvalue weighted by Gasteiger charge is -2.14.